The van der Waals surface area contributed by atoms with Gasteiger partial charge in [-0.05, 0) is 55.3 Å². The molecule has 2 aromatic rings. The molecule has 1 aliphatic heterocycles. The Bertz CT molecular complexity index is 890. The van der Waals surface area contributed by atoms with Crippen LogP contribution in [-0.4, -0.2) is 41.8 Å². The Hall–Kier alpha value is -2.25. The van der Waals surface area contributed by atoms with Gasteiger partial charge in [0.1, 0.15) is 10.6 Å². The van der Waals surface area contributed by atoms with Crippen molar-refractivity contribution in [2.24, 2.45) is 0 Å². The van der Waals surface area contributed by atoms with Gasteiger partial charge in [-0.1, -0.05) is 6.07 Å². The molecule has 1 heterocycles. The van der Waals surface area contributed by atoms with Crippen LogP contribution in [0.15, 0.2) is 41.3 Å². The minimum atomic E-state index is -3.76. The molecule has 6 nitrogen and oxygen atoms in total. The first-order valence-electron chi connectivity index (χ1n) is 8.51. The number of ether oxygens (including phenoxy) is 2. The molecule has 0 spiro atoms. The molecular formula is C19H24N2O4S. The van der Waals surface area contributed by atoms with Crippen molar-refractivity contribution in [2.45, 2.75) is 18.7 Å². The minimum absolute atomic E-state index is 0.139. The molecule has 0 amide bonds. The molecule has 0 aromatic heterocycles. The van der Waals surface area contributed by atoms with Gasteiger partial charge in [-0.25, -0.2) is 8.42 Å². The van der Waals surface area contributed by atoms with Gasteiger partial charge < -0.3 is 14.4 Å². The van der Waals surface area contributed by atoms with E-state index in [0.717, 1.165) is 29.9 Å². The SMILES string of the molecule is COc1cc(C)c(C)cc1S(=O)(=O)Nc1cccc(N2CCOCC2)c1. The first kappa shape index (κ1) is 18.5. The zero-order valence-electron chi connectivity index (χ0n) is 15.3. The molecule has 7 heteroatoms. The number of benzene rings is 2. The largest absolute Gasteiger partial charge is 0.495 e. The Labute approximate surface area is 154 Å². The second-order valence-electron chi connectivity index (χ2n) is 6.34. The van der Waals surface area contributed by atoms with Gasteiger partial charge in [-0.2, -0.15) is 0 Å². The second-order valence-corrected chi connectivity index (χ2v) is 7.99. The third-order valence-electron chi connectivity index (χ3n) is 4.54. The molecule has 2 aromatic carbocycles. The van der Waals surface area contributed by atoms with E-state index in [1.807, 2.05) is 32.0 Å². The maximum Gasteiger partial charge on any atom is 0.265 e. The molecule has 1 saturated heterocycles. The maximum atomic E-state index is 12.9. The van der Waals surface area contributed by atoms with Crippen LogP contribution in [0.25, 0.3) is 0 Å². The van der Waals surface area contributed by atoms with Crippen LogP contribution in [0.5, 0.6) is 5.75 Å². The third-order valence-corrected chi connectivity index (χ3v) is 5.95. The molecule has 1 fully saturated rings. The van der Waals surface area contributed by atoms with E-state index < -0.39 is 10.0 Å². The average Bonchev–Trinajstić information content (AvgIpc) is 2.64. The number of hydrogen-bond acceptors (Lipinski definition) is 5. The molecule has 140 valence electrons. The number of hydrogen-bond donors (Lipinski definition) is 1. The summed E-state index contributed by atoms with van der Waals surface area (Å²) in [6.07, 6.45) is 0. The van der Waals surface area contributed by atoms with Crippen molar-refractivity contribution in [3.05, 3.63) is 47.5 Å². The van der Waals surface area contributed by atoms with Crippen LogP contribution in [0.4, 0.5) is 11.4 Å². The smallest absolute Gasteiger partial charge is 0.265 e. The van der Waals surface area contributed by atoms with E-state index in [0.29, 0.717) is 24.7 Å². The monoisotopic (exact) mass is 376 g/mol. The van der Waals surface area contributed by atoms with Gasteiger partial charge in [-0.3, -0.25) is 4.72 Å². The molecule has 0 saturated carbocycles. The lowest BCUT2D eigenvalue weighted by Crippen LogP contribution is -2.36. The molecule has 0 bridgehead atoms. The molecule has 0 atom stereocenters. The molecule has 1 N–H and O–H groups in total. The second kappa shape index (κ2) is 7.55. The summed E-state index contributed by atoms with van der Waals surface area (Å²) >= 11 is 0. The predicted octanol–water partition coefficient (Wildman–Crippen LogP) is 2.95. The van der Waals surface area contributed by atoms with Gasteiger partial charge in [0.25, 0.3) is 10.0 Å². The fourth-order valence-corrected chi connectivity index (χ4v) is 4.22. The van der Waals surface area contributed by atoms with E-state index in [9.17, 15) is 8.42 Å². The van der Waals surface area contributed by atoms with Gasteiger partial charge >= 0.3 is 0 Å². The van der Waals surface area contributed by atoms with Gasteiger partial charge in [0.05, 0.1) is 26.0 Å². The third kappa shape index (κ3) is 3.94. The summed E-state index contributed by atoms with van der Waals surface area (Å²) in [5.74, 6) is 0.338. The number of rotatable bonds is 5. The number of anilines is 2. The summed E-state index contributed by atoms with van der Waals surface area (Å²) in [5.41, 5.74) is 3.37. The van der Waals surface area contributed by atoms with Crippen LogP contribution < -0.4 is 14.4 Å². The van der Waals surface area contributed by atoms with Gasteiger partial charge in [0.2, 0.25) is 0 Å². The summed E-state index contributed by atoms with van der Waals surface area (Å²) < 4.78 is 39.1. The summed E-state index contributed by atoms with van der Waals surface area (Å²) in [5, 5.41) is 0. The van der Waals surface area contributed by atoms with E-state index in [1.54, 1.807) is 18.2 Å². The van der Waals surface area contributed by atoms with Crippen LogP contribution in [0.3, 0.4) is 0 Å². The Morgan fingerprint density at radius 2 is 1.77 bits per heavy atom. The molecule has 26 heavy (non-hydrogen) atoms. The molecular weight excluding hydrogens is 352 g/mol. The first-order chi connectivity index (χ1) is 12.4. The number of methoxy groups -OCH3 is 1. The fourth-order valence-electron chi connectivity index (χ4n) is 2.93. The molecule has 0 unspecified atom stereocenters. The molecule has 1 aliphatic rings. The van der Waals surface area contributed by atoms with E-state index in [4.69, 9.17) is 9.47 Å². The maximum absolute atomic E-state index is 12.9. The van der Waals surface area contributed by atoms with Crippen molar-refractivity contribution in [1.29, 1.82) is 0 Å². The minimum Gasteiger partial charge on any atom is -0.495 e. The lowest BCUT2D eigenvalue weighted by Gasteiger charge is -2.29. The summed E-state index contributed by atoms with van der Waals surface area (Å²) in [6, 6.07) is 10.8. The highest BCUT2D eigenvalue weighted by atomic mass is 32.2. The fraction of sp³-hybridized carbons (Fsp3) is 0.368. The highest BCUT2D eigenvalue weighted by molar-refractivity contribution is 7.92. The molecule has 0 radical (unpaired) electrons. The zero-order valence-corrected chi connectivity index (χ0v) is 16.1. The number of morpholine rings is 1. The van der Waals surface area contributed by atoms with Crippen molar-refractivity contribution < 1.29 is 17.9 Å². The van der Waals surface area contributed by atoms with Gasteiger partial charge in [0, 0.05) is 18.8 Å². The van der Waals surface area contributed by atoms with E-state index >= 15 is 0 Å². The predicted molar refractivity (Wildman–Crippen MR) is 103 cm³/mol. The number of nitrogens with one attached hydrogen (secondary N) is 1. The van der Waals surface area contributed by atoms with Crippen LogP contribution in [0.2, 0.25) is 0 Å². The van der Waals surface area contributed by atoms with Crippen molar-refractivity contribution in [2.75, 3.05) is 43.0 Å². The Morgan fingerprint density at radius 3 is 2.46 bits per heavy atom. The highest BCUT2D eigenvalue weighted by Crippen LogP contribution is 2.30. The number of aryl methyl sites for hydroxylation is 2. The van der Waals surface area contributed by atoms with Crippen LogP contribution in [-0.2, 0) is 14.8 Å². The summed E-state index contributed by atoms with van der Waals surface area (Å²) in [4.78, 5) is 2.32. The Kier molecular flexibility index (Phi) is 5.38. The zero-order chi connectivity index (χ0) is 18.7. The average molecular weight is 376 g/mol. The Balaban J connectivity index is 1.89. The first-order valence-corrected chi connectivity index (χ1v) is 10.00. The van der Waals surface area contributed by atoms with Gasteiger partial charge in [-0.15, -0.1) is 0 Å². The van der Waals surface area contributed by atoms with Gasteiger partial charge in [0.15, 0.2) is 0 Å². The molecule has 3 rings (SSSR count). The summed E-state index contributed by atoms with van der Waals surface area (Å²) in [7, 11) is -2.29. The standard InChI is InChI=1S/C19H24N2O4S/c1-14-11-18(24-3)19(12-15(14)2)26(22,23)20-16-5-4-6-17(13-16)21-7-9-25-10-8-21/h4-6,11-13,20H,7-10H2,1-3H3. The normalized spacial score (nSPS) is 15.0. The molecule has 0 aliphatic carbocycles. The lowest BCUT2D eigenvalue weighted by atomic mass is 10.1. The van der Waals surface area contributed by atoms with Crippen molar-refractivity contribution in [1.82, 2.24) is 0 Å². The van der Waals surface area contributed by atoms with E-state index in [-0.39, 0.29) is 4.90 Å². The highest BCUT2D eigenvalue weighted by Gasteiger charge is 2.21. The number of sulfonamides is 1. The van der Waals surface area contributed by atoms with Crippen molar-refractivity contribution >= 4 is 21.4 Å². The summed E-state index contributed by atoms with van der Waals surface area (Å²) in [6.45, 7) is 6.74. The van der Waals surface area contributed by atoms with Crippen LogP contribution >= 0.6 is 0 Å². The van der Waals surface area contributed by atoms with Crippen molar-refractivity contribution in [3.8, 4) is 5.75 Å². The van der Waals surface area contributed by atoms with E-state index in [2.05, 4.69) is 9.62 Å². The van der Waals surface area contributed by atoms with Crippen LogP contribution in [0.1, 0.15) is 11.1 Å². The van der Waals surface area contributed by atoms with Crippen LogP contribution in [0, 0.1) is 13.8 Å². The van der Waals surface area contributed by atoms with E-state index in [1.165, 1.54) is 7.11 Å². The lowest BCUT2D eigenvalue weighted by molar-refractivity contribution is 0.122. The topological polar surface area (TPSA) is 67.9 Å². The van der Waals surface area contributed by atoms with Crippen molar-refractivity contribution in [3.63, 3.8) is 0 Å². The quantitative estimate of drug-likeness (QED) is 0.869. The Morgan fingerprint density at radius 1 is 1.08 bits per heavy atom. The number of nitrogens with zero attached hydrogens (tertiary/aromatic N) is 1.